The lowest BCUT2D eigenvalue weighted by molar-refractivity contribution is 0.0548. The quantitative estimate of drug-likeness (QED) is 0.546. The molecule has 0 bridgehead atoms. The Morgan fingerprint density at radius 3 is 2.58 bits per heavy atom. The molecule has 0 spiro atoms. The minimum atomic E-state index is -0.292. The van der Waals surface area contributed by atoms with Crippen molar-refractivity contribution in [2.45, 2.75) is 51.6 Å². The lowest BCUT2D eigenvalue weighted by Gasteiger charge is -2.29. The van der Waals surface area contributed by atoms with E-state index in [0.717, 1.165) is 53.9 Å². The highest BCUT2D eigenvalue weighted by molar-refractivity contribution is 7.13. The number of thiazole rings is 1. The summed E-state index contributed by atoms with van der Waals surface area (Å²) < 4.78 is 0. The van der Waals surface area contributed by atoms with Crippen LogP contribution in [0, 0.1) is 6.92 Å². The molecule has 1 aliphatic carbocycles. The molecule has 1 fully saturated rings. The second-order valence-electron chi connectivity index (χ2n) is 8.67. The van der Waals surface area contributed by atoms with E-state index < -0.39 is 0 Å². The molecule has 3 amide bonds. The van der Waals surface area contributed by atoms with Crippen LogP contribution in [0.1, 0.15) is 74.4 Å². The molecule has 3 aromatic rings. The molecular weight excluding hydrogens is 434 g/mol. The van der Waals surface area contributed by atoms with Crippen molar-refractivity contribution >= 4 is 29.1 Å². The summed E-state index contributed by atoms with van der Waals surface area (Å²) in [5, 5.41) is 5.74. The predicted molar refractivity (Wildman–Crippen MR) is 127 cm³/mol. The summed E-state index contributed by atoms with van der Waals surface area (Å²) in [5.74, 6) is -0.807. The number of amides is 3. The number of hydrogen-bond acceptors (Lipinski definition) is 5. The zero-order chi connectivity index (χ0) is 22.9. The van der Waals surface area contributed by atoms with Crippen molar-refractivity contribution in [1.82, 2.24) is 15.2 Å². The number of carbonyl (C=O) groups excluding carboxylic acids is 3. The molecule has 2 aliphatic rings. The smallest absolute Gasteiger partial charge is 0.261 e. The average molecular weight is 460 g/mol. The van der Waals surface area contributed by atoms with Crippen molar-refractivity contribution in [3.8, 4) is 10.6 Å². The molecule has 1 aromatic heterocycles. The molecule has 2 aromatic carbocycles. The van der Waals surface area contributed by atoms with Crippen LogP contribution in [0.15, 0.2) is 47.8 Å². The van der Waals surface area contributed by atoms with Gasteiger partial charge in [0.05, 0.1) is 23.4 Å². The maximum absolute atomic E-state index is 13.0. The lowest BCUT2D eigenvalue weighted by Crippen LogP contribution is -2.40. The summed E-state index contributed by atoms with van der Waals surface area (Å²) >= 11 is 1.54. The number of aryl methyl sites for hydroxylation is 1. The zero-order valence-corrected chi connectivity index (χ0v) is 19.3. The largest absolute Gasteiger partial charge is 0.346 e. The van der Waals surface area contributed by atoms with Crippen molar-refractivity contribution in [2.24, 2.45) is 0 Å². The Bertz CT molecular complexity index is 1240. The number of rotatable bonds is 5. The highest BCUT2D eigenvalue weighted by atomic mass is 32.1. The minimum absolute atomic E-state index is 0.0319. The van der Waals surface area contributed by atoms with Crippen molar-refractivity contribution < 1.29 is 14.4 Å². The summed E-state index contributed by atoms with van der Waals surface area (Å²) in [4.78, 5) is 44.7. The minimum Gasteiger partial charge on any atom is -0.346 e. The highest BCUT2D eigenvalue weighted by Crippen LogP contribution is 2.31. The van der Waals surface area contributed by atoms with Gasteiger partial charge in [-0.15, -0.1) is 11.3 Å². The summed E-state index contributed by atoms with van der Waals surface area (Å²) in [5.41, 5.74) is 4.11. The highest BCUT2D eigenvalue weighted by Gasteiger charge is 2.40. The summed E-state index contributed by atoms with van der Waals surface area (Å²) in [7, 11) is 0. The fraction of sp³-hybridized carbons (Fsp3) is 0.308. The van der Waals surface area contributed by atoms with E-state index in [9.17, 15) is 14.4 Å². The summed E-state index contributed by atoms with van der Waals surface area (Å²) in [6.07, 6.45) is 4.94. The van der Waals surface area contributed by atoms with E-state index in [-0.39, 0.29) is 23.8 Å². The number of imide groups is 1. The second-order valence-corrected chi connectivity index (χ2v) is 9.53. The number of aromatic nitrogens is 1. The van der Waals surface area contributed by atoms with E-state index >= 15 is 0 Å². The third-order valence-electron chi connectivity index (χ3n) is 6.48. The van der Waals surface area contributed by atoms with Gasteiger partial charge in [0.2, 0.25) is 0 Å². The van der Waals surface area contributed by atoms with Crippen LogP contribution in [0.5, 0.6) is 0 Å². The standard InChI is InChI=1S/C26H25N3O3S/c1-16-7-5-6-10-20(16)24-28-18(15-33-24)14-27-23(30)17-11-12-21-22(13-17)26(32)29(25(21)31)19-8-3-2-4-9-19/h5-7,10-13,15,19H,2-4,8-9,14H2,1H3,(H,27,30). The first-order valence-corrected chi connectivity index (χ1v) is 12.2. The van der Waals surface area contributed by atoms with Crippen molar-refractivity contribution in [3.63, 3.8) is 0 Å². The molecule has 1 N–H and O–H groups in total. The first-order chi connectivity index (χ1) is 16.0. The van der Waals surface area contributed by atoms with Crippen LogP contribution in [-0.2, 0) is 6.54 Å². The Morgan fingerprint density at radius 1 is 1.03 bits per heavy atom. The fourth-order valence-electron chi connectivity index (χ4n) is 4.67. The molecule has 6 nitrogen and oxygen atoms in total. The number of carbonyl (C=O) groups is 3. The van der Waals surface area contributed by atoms with Crippen molar-refractivity contribution in [3.05, 3.63) is 75.8 Å². The normalized spacial score (nSPS) is 16.2. The molecule has 7 heteroatoms. The van der Waals surface area contributed by atoms with E-state index in [4.69, 9.17) is 0 Å². The SMILES string of the molecule is Cc1ccccc1-c1nc(CNC(=O)c2ccc3c(c2)C(=O)N(C2CCCCC2)C3=O)cs1. The molecule has 33 heavy (non-hydrogen) atoms. The van der Waals surface area contributed by atoms with Crippen LogP contribution in [0.3, 0.4) is 0 Å². The number of fused-ring (bicyclic) bond motifs is 1. The van der Waals surface area contributed by atoms with E-state index in [1.165, 1.54) is 4.90 Å². The number of benzene rings is 2. The number of hydrogen-bond donors (Lipinski definition) is 1. The molecule has 0 atom stereocenters. The number of nitrogens with one attached hydrogen (secondary N) is 1. The average Bonchev–Trinajstić information content (AvgIpc) is 3.41. The van der Waals surface area contributed by atoms with E-state index in [1.807, 2.05) is 36.6 Å². The van der Waals surface area contributed by atoms with Crippen molar-refractivity contribution in [1.29, 1.82) is 0 Å². The Kier molecular flexibility index (Phi) is 5.81. The molecule has 1 saturated carbocycles. The Morgan fingerprint density at radius 2 is 1.79 bits per heavy atom. The molecule has 168 valence electrons. The predicted octanol–water partition coefficient (Wildman–Crippen LogP) is 4.98. The lowest BCUT2D eigenvalue weighted by atomic mass is 9.94. The summed E-state index contributed by atoms with van der Waals surface area (Å²) in [6, 6.07) is 12.8. The molecule has 1 aliphatic heterocycles. The van der Waals surface area contributed by atoms with Crippen LogP contribution in [0.25, 0.3) is 10.6 Å². The third-order valence-corrected chi connectivity index (χ3v) is 7.40. The molecule has 0 radical (unpaired) electrons. The zero-order valence-electron chi connectivity index (χ0n) is 18.5. The van der Waals surface area contributed by atoms with Gasteiger partial charge in [0.25, 0.3) is 17.7 Å². The first kappa shape index (κ1) is 21.5. The first-order valence-electron chi connectivity index (χ1n) is 11.3. The Labute approximate surface area is 196 Å². The fourth-order valence-corrected chi connectivity index (χ4v) is 5.58. The maximum atomic E-state index is 13.0. The monoisotopic (exact) mass is 459 g/mol. The van der Waals surface area contributed by atoms with Gasteiger partial charge in [-0.2, -0.15) is 0 Å². The molecular formula is C26H25N3O3S. The summed E-state index contributed by atoms with van der Waals surface area (Å²) in [6.45, 7) is 2.34. The van der Waals surface area contributed by atoms with Crippen LogP contribution >= 0.6 is 11.3 Å². The van der Waals surface area contributed by atoms with Gasteiger partial charge in [0, 0.05) is 22.5 Å². The molecule has 5 rings (SSSR count). The Balaban J connectivity index is 1.28. The van der Waals surface area contributed by atoms with Gasteiger partial charge in [-0.3, -0.25) is 19.3 Å². The van der Waals surface area contributed by atoms with Gasteiger partial charge in [-0.05, 0) is 43.5 Å². The second kappa shape index (κ2) is 8.90. The molecule has 0 saturated heterocycles. The van der Waals surface area contributed by atoms with E-state index in [1.54, 1.807) is 29.5 Å². The molecule has 2 heterocycles. The Hall–Kier alpha value is -3.32. The van der Waals surface area contributed by atoms with E-state index in [0.29, 0.717) is 23.2 Å². The van der Waals surface area contributed by atoms with Gasteiger partial charge in [-0.1, -0.05) is 43.5 Å². The topological polar surface area (TPSA) is 79.4 Å². The van der Waals surface area contributed by atoms with Gasteiger partial charge in [-0.25, -0.2) is 4.98 Å². The van der Waals surface area contributed by atoms with Crippen LogP contribution in [-0.4, -0.2) is 33.6 Å². The van der Waals surface area contributed by atoms with Crippen molar-refractivity contribution in [2.75, 3.05) is 0 Å². The van der Waals surface area contributed by atoms with E-state index in [2.05, 4.69) is 10.3 Å². The number of nitrogens with zero attached hydrogens (tertiary/aromatic N) is 2. The van der Waals surface area contributed by atoms with Gasteiger partial charge < -0.3 is 5.32 Å². The van der Waals surface area contributed by atoms with Gasteiger partial charge >= 0.3 is 0 Å². The van der Waals surface area contributed by atoms with Gasteiger partial charge in [0.1, 0.15) is 5.01 Å². The van der Waals surface area contributed by atoms with Crippen LogP contribution < -0.4 is 5.32 Å². The van der Waals surface area contributed by atoms with Gasteiger partial charge in [0.15, 0.2) is 0 Å². The van der Waals surface area contributed by atoms with Crippen LogP contribution in [0.2, 0.25) is 0 Å². The maximum Gasteiger partial charge on any atom is 0.261 e. The third kappa shape index (κ3) is 4.09. The van der Waals surface area contributed by atoms with Crippen LogP contribution in [0.4, 0.5) is 0 Å². The molecule has 0 unspecified atom stereocenters.